The van der Waals surface area contributed by atoms with Gasteiger partial charge in [-0.1, -0.05) is 6.07 Å². The van der Waals surface area contributed by atoms with Gasteiger partial charge in [-0.05, 0) is 44.4 Å². The Morgan fingerprint density at radius 1 is 1.48 bits per heavy atom. The van der Waals surface area contributed by atoms with E-state index in [2.05, 4.69) is 11.4 Å². The number of hydrogen-bond acceptors (Lipinski definition) is 4. The van der Waals surface area contributed by atoms with Gasteiger partial charge in [0, 0.05) is 37.2 Å². The fourth-order valence-corrected chi connectivity index (χ4v) is 4.03. The Bertz CT molecular complexity index is 688. The van der Waals surface area contributed by atoms with Crippen molar-refractivity contribution in [2.24, 2.45) is 5.41 Å². The molecule has 1 aromatic carbocycles. The third-order valence-corrected chi connectivity index (χ3v) is 5.79. The van der Waals surface area contributed by atoms with Gasteiger partial charge in [-0.15, -0.1) is 0 Å². The summed E-state index contributed by atoms with van der Waals surface area (Å²) >= 11 is 0. The summed E-state index contributed by atoms with van der Waals surface area (Å²) in [6.45, 7) is 5.65. The number of amides is 2. The van der Waals surface area contributed by atoms with Gasteiger partial charge in [-0.25, -0.2) is 4.79 Å². The van der Waals surface area contributed by atoms with Gasteiger partial charge < -0.3 is 20.1 Å². The van der Waals surface area contributed by atoms with Crippen LogP contribution in [0.1, 0.15) is 37.3 Å². The molecule has 2 amide bonds. The summed E-state index contributed by atoms with van der Waals surface area (Å²) in [7, 11) is 0. The Kier molecular flexibility index (Phi) is 4.98. The molecular weight excluding hydrogens is 318 g/mol. The molecule has 2 atom stereocenters. The van der Waals surface area contributed by atoms with Crippen LogP contribution in [0.4, 0.5) is 10.5 Å². The minimum Gasteiger partial charge on any atom is -0.392 e. The van der Waals surface area contributed by atoms with Crippen LogP contribution in [0.5, 0.6) is 0 Å². The second kappa shape index (κ2) is 7.03. The van der Waals surface area contributed by atoms with Crippen molar-refractivity contribution in [3.63, 3.8) is 0 Å². The number of hydrogen-bond donors (Lipinski definition) is 2. The number of rotatable bonds is 3. The molecule has 0 aromatic heterocycles. The van der Waals surface area contributed by atoms with Gasteiger partial charge in [-0.2, -0.15) is 5.26 Å². The van der Waals surface area contributed by atoms with E-state index in [1.165, 1.54) is 0 Å². The van der Waals surface area contributed by atoms with Crippen LogP contribution in [0, 0.1) is 23.7 Å². The van der Waals surface area contributed by atoms with E-state index in [-0.39, 0.29) is 23.7 Å². The zero-order valence-corrected chi connectivity index (χ0v) is 14.8. The molecule has 1 heterocycles. The van der Waals surface area contributed by atoms with Crippen molar-refractivity contribution in [1.82, 2.24) is 4.90 Å². The van der Waals surface area contributed by atoms with Gasteiger partial charge in [0.05, 0.1) is 23.8 Å². The van der Waals surface area contributed by atoms with E-state index in [0.29, 0.717) is 37.4 Å². The number of urea groups is 1. The molecule has 134 valence electrons. The van der Waals surface area contributed by atoms with Crippen molar-refractivity contribution in [2.75, 3.05) is 25.0 Å². The number of nitrogens with zero attached hydrogens (tertiary/aromatic N) is 2. The molecule has 0 unspecified atom stereocenters. The van der Waals surface area contributed by atoms with Crippen LogP contribution in [0.15, 0.2) is 18.2 Å². The van der Waals surface area contributed by atoms with E-state index < -0.39 is 0 Å². The molecule has 2 aliphatic rings. The SMILES string of the molecule is CCO[C@H]1C[C@H](O)C12CCN(C(=O)Nc1cccc(C#N)c1C)CC2. The van der Waals surface area contributed by atoms with E-state index in [1.807, 2.05) is 13.8 Å². The van der Waals surface area contributed by atoms with Crippen LogP contribution in [0.25, 0.3) is 0 Å². The number of benzene rings is 1. The first-order valence-corrected chi connectivity index (χ1v) is 8.87. The highest BCUT2D eigenvalue weighted by molar-refractivity contribution is 5.90. The first kappa shape index (κ1) is 17.7. The summed E-state index contributed by atoms with van der Waals surface area (Å²) in [5.74, 6) is 0. The normalized spacial score (nSPS) is 24.5. The zero-order valence-electron chi connectivity index (χ0n) is 14.8. The minimum absolute atomic E-state index is 0.104. The Morgan fingerprint density at radius 2 is 2.20 bits per heavy atom. The summed E-state index contributed by atoms with van der Waals surface area (Å²) in [5.41, 5.74) is 1.81. The average molecular weight is 343 g/mol. The fraction of sp³-hybridized carbons (Fsp3) is 0.579. The zero-order chi connectivity index (χ0) is 18.0. The number of anilines is 1. The molecule has 1 aromatic rings. The molecule has 1 aliphatic carbocycles. The Labute approximate surface area is 148 Å². The molecule has 1 saturated heterocycles. The Morgan fingerprint density at radius 3 is 2.80 bits per heavy atom. The summed E-state index contributed by atoms with van der Waals surface area (Å²) in [6.07, 6.45) is 1.98. The van der Waals surface area contributed by atoms with E-state index in [1.54, 1.807) is 23.1 Å². The number of aliphatic hydroxyl groups excluding tert-OH is 1. The number of ether oxygens (including phenoxy) is 1. The monoisotopic (exact) mass is 343 g/mol. The van der Waals surface area contributed by atoms with Crippen LogP contribution >= 0.6 is 0 Å². The van der Waals surface area contributed by atoms with Gasteiger partial charge in [0.25, 0.3) is 0 Å². The molecule has 1 saturated carbocycles. The smallest absolute Gasteiger partial charge is 0.321 e. The van der Waals surface area contributed by atoms with Crippen molar-refractivity contribution in [3.05, 3.63) is 29.3 Å². The maximum Gasteiger partial charge on any atom is 0.321 e. The summed E-state index contributed by atoms with van der Waals surface area (Å²) in [6, 6.07) is 7.28. The lowest BCUT2D eigenvalue weighted by atomic mass is 9.58. The Balaban J connectivity index is 1.62. The van der Waals surface area contributed by atoms with Crippen molar-refractivity contribution >= 4 is 11.7 Å². The molecule has 25 heavy (non-hydrogen) atoms. The van der Waals surface area contributed by atoms with Crippen molar-refractivity contribution < 1.29 is 14.6 Å². The topological polar surface area (TPSA) is 85.6 Å². The van der Waals surface area contributed by atoms with Gasteiger partial charge in [0.2, 0.25) is 0 Å². The summed E-state index contributed by atoms with van der Waals surface area (Å²) < 4.78 is 5.76. The lowest BCUT2D eigenvalue weighted by Gasteiger charge is -2.56. The van der Waals surface area contributed by atoms with Crippen molar-refractivity contribution in [1.29, 1.82) is 5.26 Å². The fourth-order valence-electron chi connectivity index (χ4n) is 4.03. The number of carbonyl (C=O) groups is 1. The van der Waals surface area contributed by atoms with Crippen LogP contribution in [0.3, 0.4) is 0 Å². The van der Waals surface area contributed by atoms with Crippen LogP contribution in [-0.2, 0) is 4.74 Å². The highest BCUT2D eigenvalue weighted by Crippen LogP contribution is 2.50. The molecule has 1 aliphatic heterocycles. The van der Waals surface area contributed by atoms with Crippen molar-refractivity contribution in [2.45, 2.75) is 45.3 Å². The van der Waals surface area contributed by atoms with Crippen LogP contribution < -0.4 is 5.32 Å². The number of carbonyl (C=O) groups excluding carboxylic acids is 1. The third kappa shape index (κ3) is 3.10. The molecule has 6 nitrogen and oxygen atoms in total. The van der Waals surface area contributed by atoms with Crippen LogP contribution in [-0.4, -0.2) is 47.9 Å². The highest BCUT2D eigenvalue weighted by Gasteiger charge is 2.56. The predicted molar refractivity (Wildman–Crippen MR) is 94.2 cm³/mol. The lowest BCUT2D eigenvalue weighted by molar-refractivity contribution is -0.207. The van der Waals surface area contributed by atoms with E-state index in [0.717, 1.165) is 18.4 Å². The number of nitrogens with one attached hydrogen (secondary N) is 1. The number of likely N-dealkylation sites (tertiary alicyclic amines) is 1. The lowest BCUT2D eigenvalue weighted by Crippen LogP contribution is -2.63. The molecule has 1 spiro atoms. The minimum atomic E-state index is -0.330. The first-order valence-electron chi connectivity index (χ1n) is 8.87. The van der Waals surface area contributed by atoms with Gasteiger partial charge in [0.15, 0.2) is 0 Å². The van der Waals surface area contributed by atoms with Gasteiger partial charge >= 0.3 is 6.03 Å². The Hall–Kier alpha value is -2.10. The molecule has 2 fully saturated rings. The average Bonchev–Trinajstić information content (AvgIpc) is 2.63. The summed E-state index contributed by atoms with van der Waals surface area (Å²) in [4.78, 5) is 14.3. The largest absolute Gasteiger partial charge is 0.392 e. The standard InChI is InChI=1S/C19H25N3O3/c1-3-25-17-11-16(23)19(17)7-9-22(10-8-19)18(24)21-15-6-4-5-14(12-20)13(15)2/h4-6,16-17,23H,3,7-11H2,1-2H3,(H,21,24)/t16-,17-/m0/s1. The van der Waals surface area contributed by atoms with Crippen LogP contribution in [0.2, 0.25) is 0 Å². The maximum atomic E-state index is 12.6. The predicted octanol–water partition coefficient (Wildman–Crippen LogP) is 2.65. The molecule has 0 bridgehead atoms. The van der Waals surface area contributed by atoms with E-state index >= 15 is 0 Å². The van der Waals surface area contributed by atoms with Gasteiger partial charge in [-0.3, -0.25) is 0 Å². The molecule has 3 rings (SSSR count). The number of aliphatic hydroxyl groups is 1. The highest BCUT2D eigenvalue weighted by atomic mass is 16.5. The van der Waals surface area contributed by atoms with E-state index in [9.17, 15) is 9.90 Å². The first-order chi connectivity index (χ1) is 12.0. The third-order valence-electron chi connectivity index (χ3n) is 5.79. The molecular formula is C19H25N3O3. The van der Waals surface area contributed by atoms with E-state index in [4.69, 9.17) is 10.00 Å². The number of nitriles is 1. The quantitative estimate of drug-likeness (QED) is 0.883. The van der Waals surface area contributed by atoms with Crippen molar-refractivity contribution in [3.8, 4) is 6.07 Å². The second-order valence-electron chi connectivity index (χ2n) is 6.94. The molecule has 2 N–H and O–H groups in total. The number of piperidine rings is 1. The van der Waals surface area contributed by atoms with Gasteiger partial charge in [0.1, 0.15) is 0 Å². The maximum absolute atomic E-state index is 12.6. The summed E-state index contributed by atoms with van der Waals surface area (Å²) in [5, 5.41) is 22.3. The second-order valence-corrected chi connectivity index (χ2v) is 6.94. The molecule has 6 heteroatoms. The molecule has 0 radical (unpaired) electrons.